The standard InChI is InChI=1S/C22H21F3N4O2/c1-12-19-16(11-17(13-5-6-13)26-20(19)28(2)27-12)21(30)29-9-3-4-14-10-15(7-8-18(14)29)31-22(23,24)25/h7-8,10-11,13H,3-6,9H2,1-2H3. The first-order valence-corrected chi connectivity index (χ1v) is 10.3. The molecule has 1 aliphatic carbocycles. The van der Waals surface area contributed by atoms with Gasteiger partial charge in [0.1, 0.15) is 5.75 Å². The van der Waals surface area contributed by atoms with Crippen LogP contribution in [0.5, 0.6) is 5.75 Å². The van der Waals surface area contributed by atoms with Crippen LogP contribution in [0.3, 0.4) is 0 Å². The molecule has 0 spiro atoms. The summed E-state index contributed by atoms with van der Waals surface area (Å²) in [5, 5.41) is 5.17. The second-order valence-electron chi connectivity index (χ2n) is 8.18. The third-order valence-corrected chi connectivity index (χ3v) is 5.86. The van der Waals surface area contributed by atoms with Gasteiger partial charge in [-0.05, 0) is 62.4 Å². The van der Waals surface area contributed by atoms with Crippen LogP contribution in [0.1, 0.15) is 52.5 Å². The molecule has 0 unspecified atom stereocenters. The predicted octanol–water partition coefficient (Wildman–Crippen LogP) is 4.65. The maximum Gasteiger partial charge on any atom is 0.573 e. The van der Waals surface area contributed by atoms with Crippen LogP contribution in [0.25, 0.3) is 11.0 Å². The molecule has 5 rings (SSSR count). The van der Waals surface area contributed by atoms with Crippen LogP contribution in [-0.2, 0) is 13.5 Å². The van der Waals surface area contributed by atoms with Crippen molar-refractivity contribution in [3.8, 4) is 5.75 Å². The number of aromatic nitrogens is 3. The lowest BCUT2D eigenvalue weighted by Crippen LogP contribution is -2.35. The summed E-state index contributed by atoms with van der Waals surface area (Å²) in [5.41, 5.74) is 4.12. The van der Waals surface area contributed by atoms with Crippen LogP contribution in [0.2, 0.25) is 0 Å². The Kier molecular flexibility index (Phi) is 4.46. The molecule has 162 valence electrons. The number of carbonyl (C=O) groups excluding carboxylic acids is 1. The molecular formula is C22H21F3N4O2. The van der Waals surface area contributed by atoms with Crippen LogP contribution < -0.4 is 9.64 Å². The SMILES string of the molecule is Cc1nn(C)c2nc(C3CC3)cc(C(=O)N3CCCc4cc(OC(F)(F)F)ccc43)c12. The molecule has 0 bridgehead atoms. The first-order valence-electron chi connectivity index (χ1n) is 10.3. The van der Waals surface area contributed by atoms with Crippen LogP contribution in [0.4, 0.5) is 18.9 Å². The number of hydrogen-bond acceptors (Lipinski definition) is 4. The molecule has 3 heterocycles. The summed E-state index contributed by atoms with van der Waals surface area (Å²) in [6.07, 6.45) is -1.41. The van der Waals surface area contributed by atoms with E-state index in [9.17, 15) is 18.0 Å². The molecule has 1 aliphatic heterocycles. The molecule has 2 aromatic heterocycles. The topological polar surface area (TPSA) is 60.2 Å². The first-order chi connectivity index (χ1) is 14.7. The molecule has 6 nitrogen and oxygen atoms in total. The van der Waals surface area contributed by atoms with Gasteiger partial charge in [-0.3, -0.25) is 9.48 Å². The number of ether oxygens (including phenoxy) is 1. The Morgan fingerprint density at radius 1 is 1.23 bits per heavy atom. The number of pyridine rings is 1. The van der Waals surface area contributed by atoms with E-state index in [2.05, 4.69) is 9.84 Å². The van der Waals surface area contributed by atoms with Crippen molar-refractivity contribution in [2.45, 2.75) is 44.9 Å². The van der Waals surface area contributed by atoms with Crippen LogP contribution in [-0.4, -0.2) is 33.6 Å². The number of hydrogen-bond donors (Lipinski definition) is 0. The lowest BCUT2D eigenvalue weighted by atomic mass is 9.99. The summed E-state index contributed by atoms with van der Waals surface area (Å²) in [6.45, 7) is 2.34. The van der Waals surface area contributed by atoms with E-state index in [0.717, 1.165) is 29.6 Å². The van der Waals surface area contributed by atoms with Crippen LogP contribution in [0, 0.1) is 6.92 Å². The van der Waals surface area contributed by atoms with Crippen molar-refractivity contribution in [2.75, 3.05) is 11.4 Å². The average Bonchev–Trinajstić information content (AvgIpc) is 3.51. The van der Waals surface area contributed by atoms with Gasteiger partial charge in [-0.15, -0.1) is 13.2 Å². The molecule has 1 amide bonds. The highest BCUT2D eigenvalue weighted by Crippen LogP contribution is 2.41. The number of carbonyl (C=O) groups is 1. The Morgan fingerprint density at radius 2 is 2.00 bits per heavy atom. The highest BCUT2D eigenvalue weighted by molar-refractivity contribution is 6.14. The molecular weight excluding hydrogens is 409 g/mol. The highest BCUT2D eigenvalue weighted by atomic mass is 19.4. The number of amides is 1. The van der Waals surface area contributed by atoms with Crippen molar-refractivity contribution < 1.29 is 22.7 Å². The number of fused-ring (bicyclic) bond motifs is 2. The van der Waals surface area contributed by atoms with Crippen LogP contribution >= 0.6 is 0 Å². The fourth-order valence-electron chi connectivity index (χ4n) is 4.35. The molecule has 0 radical (unpaired) electrons. The van der Waals surface area contributed by atoms with Crippen LogP contribution in [0.15, 0.2) is 24.3 Å². The molecule has 0 saturated heterocycles. The third kappa shape index (κ3) is 3.62. The summed E-state index contributed by atoms with van der Waals surface area (Å²) in [5.74, 6) is -0.0938. The fourth-order valence-corrected chi connectivity index (χ4v) is 4.35. The number of anilines is 1. The van der Waals surface area contributed by atoms with E-state index in [0.29, 0.717) is 47.8 Å². The fraction of sp³-hybridized carbons (Fsp3) is 0.409. The predicted molar refractivity (Wildman–Crippen MR) is 108 cm³/mol. The van der Waals surface area contributed by atoms with Crippen molar-refractivity contribution in [1.82, 2.24) is 14.8 Å². The summed E-state index contributed by atoms with van der Waals surface area (Å²) < 4.78 is 43.5. The number of rotatable bonds is 3. The summed E-state index contributed by atoms with van der Waals surface area (Å²) >= 11 is 0. The Hall–Kier alpha value is -3.10. The zero-order valence-corrected chi connectivity index (χ0v) is 17.2. The van der Waals surface area contributed by atoms with E-state index in [1.807, 2.05) is 20.0 Å². The van der Waals surface area contributed by atoms with Crippen molar-refractivity contribution in [1.29, 1.82) is 0 Å². The summed E-state index contributed by atoms with van der Waals surface area (Å²) in [7, 11) is 1.81. The molecule has 0 atom stereocenters. The van der Waals surface area contributed by atoms with Gasteiger partial charge >= 0.3 is 6.36 Å². The minimum Gasteiger partial charge on any atom is -0.406 e. The number of aryl methyl sites for hydroxylation is 3. The number of benzene rings is 1. The third-order valence-electron chi connectivity index (χ3n) is 5.86. The first kappa shape index (κ1) is 19.8. The van der Waals surface area contributed by atoms with Crippen molar-refractivity contribution in [2.24, 2.45) is 7.05 Å². The van der Waals surface area contributed by atoms with Gasteiger partial charge in [0.05, 0.1) is 16.6 Å². The number of alkyl halides is 3. The van der Waals surface area contributed by atoms with Gasteiger partial charge in [0.15, 0.2) is 5.65 Å². The average molecular weight is 430 g/mol. The Morgan fingerprint density at radius 3 is 2.71 bits per heavy atom. The molecule has 0 N–H and O–H groups in total. The van der Waals surface area contributed by atoms with Crippen molar-refractivity contribution >= 4 is 22.6 Å². The summed E-state index contributed by atoms with van der Waals surface area (Å²) in [6, 6.07) is 6.02. The Bertz CT molecular complexity index is 1200. The number of halogens is 3. The van der Waals surface area contributed by atoms with Crippen molar-refractivity contribution in [3.63, 3.8) is 0 Å². The second-order valence-corrected chi connectivity index (χ2v) is 8.18. The molecule has 9 heteroatoms. The van der Waals surface area contributed by atoms with Gasteiger partial charge < -0.3 is 9.64 Å². The maximum absolute atomic E-state index is 13.7. The minimum atomic E-state index is -4.75. The molecule has 1 saturated carbocycles. The van der Waals surface area contributed by atoms with Crippen molar-refractivity contribution in [3.05, 3.63) is 46.8 Å². The van der Waals surface area contributed by atoms with Gasteiger partial charge in [-0.1, -0.05) is 0 Å². The Balaban J connectivity index is 1.57. The molecule has 2 aliphatic rings. The monoisotopic (exact) mass is 430 g/mol. The lowest BCUT2D eigenvalue weighted by molar-refractivity contribution is -0.274. The maximum atomic E-state index is 13.7. The van der Waals surface area contributed by atoms with E-state index in [1.54, 1.807) is 9.58 Å². The quantitative estimate of drug-likeness (QED) is 0.607. The van der Waals surface area contributed by atoms with E-state index < -0.39 is 6.36 Å². The highest BCUT2D eigenvalue weighted by Gasteiger charge is 2.33. The van der Waals surface area contributed by atoms with Gasteiger partial charge in [-0.2, -0.15) is 5.10 Å². The lowest BCUT2D eigenvalue weighted by Gasteiger charge is -2.30. The molecule has 1 fully saturated rings. The smallest absolute Gasteiger partial charge is 0.406 e. The van der Waals surface area contributed by atoms with E-state index in [1.165, 1.54) is 18.2 Å². The molecule has 31 heavy (non-hydrogen) atoms. The van der Waals surface area contributed by atoms with Gasteiger partial charge in [0.25, 0.3) is 5.91 Å². The second kappa shape index (κ2) is 6.96. The largest absolute Gasteiger partial charge is 0.573 e. The Labute approximate surface area is 176 Å². The summed E-state index contributed by atoms with van der Waals surface area (Å²) in [4.78, 5) is 20.1. The van der Waals surface area contributed by atoms with E-state index in [-0.39, 0.29) is 11.7 Å². The minimum absolute atomic E-state index is 0.184. The zero-order chi connectivity index (χ0) is 21.9. The van der Waals surface area contributed by atoms with Gasteiger partial charge in [-0.25, -0.2) is 4.98 Å². The van der Waals surface area contributed by atoms with Gasteiger partial charge in [0.2, 0.25) is 0 Å². The van der Waals surface area contributed by atoms with Gasteiger partial charge in [0, 0.05) is 30.9 Å². The van der Waals surface area contributed by atoms with E-state index in [4.69, 9.17) is 4.98 Å². The molecule has 1 aromatic carbocycles. The zero-order valence-electron chi connectivity index (χ0n) is 17.2. The molecule has 3 aromatic rings. The van der Waals surface area contributed by atoms with E-state index >= 15 is 0 Å². The number of nitrogens with zero attached hydrogens (tertiary/aromatic N) is 4. The normalized spacial score (nSPS) is 16.5.